The van der Waals surface area contributed by atoms with Crippen molar-refractivity contribution in [3.63, 3.8) is 0 Å². The number of pyridine rings is 1. The number of carbonyl (C=O) groups excluding carboxylic acids is 1. The Morgan fingerprint density at radius 1 is 1.30 bits per heavy atom. The van der Waals surface area contributed by atoms with Crippen LogP contribution in [0, 0.1) is 18.8 Å². The first-order valence-electron chi connectivity index (χ1n) is 6.22. The number of aromatic nitrogens is 1. The van der Waals surface area contributed by atoms with Crippen LogP contribution in [0.1, 0.15) is 21.6 Å². The quantitative estimate of drug-likeness (QED) is 0.815. The molecule has 2 aromatic rings. The lowest BCUT2D eigenvalue weighted by atomic mass is 10.1. The van der Waals surface area contributed by atoms with Crippen LogP contribution in [-0.2, 0) is 0 Å². The second-order valence-corrected chi connectivity index (χ2v) is 4.22. The summed E-state index contributed by atoms with van der Waals surface area (Å²) < 4.78 is 0. The molecule has 0 fully saturated rings. The summed E-state index contributed by atoms with van der Waals surface area (Å²) >= 11 is 0. The molecule has 0 saturated heterocycles. The van der Waals surface area contributed by atoms with Crippen LogP contribution in [0.3, 0.4) is 0 Å². The molecule has 1 amide bonds. The van der Waals surface area contributed by atoms with E-state index in [-0.39, 0.29) is 5.91 Å². The summed E-state index contributed by atoms with van der Waals surface area (Å²) in [6, 6.07) is 10.7. The Morgan fingerprint density at radius 3 is 2.70 bits per heavy atom. The molecule has 4 nitrogen and oxygen atoms in total. The molecule has 1 aromatic carbocycles. The number of benzene rings is 1. The Bertz CT molecular complexity index is 666. The second kappa shape index (κ2) is 6.50. The number of rotatable bonds is 2. The van der Waals surface area contributed by atoms with Crippen molar-refractivity contribution in [2.75, 3.05) is 11.9 Å². The van der Waals surface area contributed by atoms with Crippen LogP contribution in [0.25, 0.3) is 0 Å². The van der Waals surface area contributed by atoms with Crippen LogP contribution in [0.4, 0.5) is 5.69 Å². The number of carbonyl (C=O) groups is 1. The zero-order chi connectivity index (χ0) is 14.4. The summed E-state index contributed by atoms with van der Waals surface area (Å²) in [7, 11) is 0. The standard InChI is InChI=1S/C16H15N3O/c1-12-11-15(8-10-18-12)19-16(20)14-6-4-13(5-7-14)3-2-9-17/h4-8,10-11H,9,17H2,1H3,(H,18,19,20). The minimum Gasteiger partial charge on any atom is -0.322 e. The summed E-state index contributed by atoms with van der Waals surface area (Å²) in [5.74, 6) is 5.52. The average Bonchev–Trinajstić information content (AvgIpc) is 2.45. The molecule has 1 aromatic heterocycles. The first-order valence-corrected chi connectivity index (χ1v) is 6.22. The highest BCUT2D eigenvalue weighted by Gasteiger charge is 2.05. The van der Waals surface area contributed by atoms with Crippen LogP contribution in [0.15, 0.2) is 42.6 Å². The van der Waals surface area contributed by atoms with Gasteiger partial charge in [-0.15, -0.1) is 0 Å². The van der Waals surface area contributed by atoms with Gasteiger partial charge in [0.2, 0.25) is 0 Å². The van der Waals surface area contributed by atoms with Gasteiger partial charge in [0.05, 0.1) is 6.54 Å². The molecule has 0 aliphatic rings. The van der Waals surface area contributed by atoms with Crippen molar-refractivity contribution >= 4 is 11.6 Å². The van der Waals surface area contributed by atoms with E-state index in [1.54, 1.807) is 36.5 Å². The van der Waals surface area contributed by atoms with E-state index in [1.807, 2.05) is 13.0 Å². The molecule has 0 saturated carbocycles. The fourth-order valence-electron chi connectivity index (χ4n) is 1.68. The lowest BCUT2D eigenvalue weighted by Gasteiger charge is -2.05. The van der Waals surface area contributed by atoms with E-state index in [1.165, 1.54) is 0 Å². The Hall–Kier alpha value is -2.64. The molecular formula is C16H15N3O. The molecule has 3 N–H and O–H groups in total. The van der Waals surface area contributed by atoms with Gasteiger partial charge in [0.1, 0.15) is 0 Å². The number of hydrogen-bond donors (Lipinski definition) is 2. The minimum absolute atomic E-state index is 0.158. The van der Waals surface area contributed by atoms with Crippen molar-refractivity contribution in [1.82, 2.24) is 4.98 Å². The normalized spacial score (nSPS) is 9.50. The van der Waals surface area contributed by atoms with E-state index in [2.05, 4.69) is 22.1 Å². The van der Waals surface area contributed by atoms with Gasteiger partial charge < -0.3 is 11.1 Å². The number of hydrogen-bond acceptors (Lipinski definition) is 3. The van der Waals surface area contributed by atoms with Crippen molar-refractivity contribution in [2.45, 2.75) is 6.92 Å². The van der Waals surface area contributed by atoms with Gasteiger partial charge in [-0.2, -0.15) is 0 Å². The van der Waals surface area contributed by atoms with E-state index < -0.39 is 0 Å². The van der Waals surface area contributed by atoms with E-state index in [9.17, 15) is 4.79 Å². The molecule has 0 aliphatic carbocycles. The predicted octanol–water partition coefficient (Wildman–Crippen LogP) is 1.95. The first kappa shape index (κ1) is 13.8. The Labute approximate surface area is 118 Å². The second-order valence-electron chi connectivity index (χ2n) is 4.22. The van der Waals surface area contributed by atoms with Gasteiger partial charge in [-0.05, 0) is 43.3 Å². The average molecular weight is 265 g/mol. The third kappa shape index (κ3) is 3.67. The molecule has 4 heteroatoms. The van der Waals surface area contributed by atoms with Crippen LogP contribution in [0.5, 0.6) is 0 Å². The van der Waals surface area contributed by atoms with Crippen molar-refractivity contribution in [3.8, 4) is 11.8 Å². The number of nitrogens with zero attached hydrogens (tertiary/aromatic N) is 1. The number of amides is 1. The zero-order valence-corrected chi connectivity index (χ0v) is 11.2. The molecule has 0 bridgehead atoms. The highest BCUT2D eigenvalue weighted by molar-refractivity contribution is 6.04. The molecular weight excluding hydrogens is 250 g/mol. The SMILES string of the molecule is Cc1cc(NC(=O)c2ccc(C#CCN)cc2)ccn1. The fraction of sp³-hybridized carbons (Fsp3) is 0.125. The summed E-state index contributed by atoms with van der Waals surface area (Å²) in [6.07, 6.45) is 1.66. The first-order chi connectivity index (χ1) is 9.69. The topological polar surface area (TPSA) is 68.0 Å². The number of anilines is 1. The van der Waals surface area contributed by atoms with Gasteiger partial charge in [0, 0.05) is 28.7 Å². The van der Waals surface area contributed by atoms with Crippen LogP contribution in [0.2, 0.25) is 0 Å². The lowest BCUT2D eigenvalue weighted by Crippen LogP contribution is -2.11. The Morgan fingerprint density at radius 2 is 2.05 bits per heavy atom. The molecule has 0 atom stereocenters. The molecule has 100 valence electrons. The van der Waals surface area contributed by atoms with Crippen molar-refractivity contribution in [2.24, 2.45) is 5.73 Å². The van der Waals surface area contributed by atoms with Crippen LogP contribution >= 0.6 is 0 Å². The predicted molar refractivity (Wildman–Crippen MR) is 79.3 cm³/mol. The summed E-state index contributed by atoms with van der Waals surface area (Å²) in [5, 5.41) is 2.83. The Balaban J connectivity index is 2.09. The molecule has 0 aliphatic heterocycles. The Kier molecular flexibility index (Phi) is 4.48. The maximum atomic E-state index is 12.1. The van der Waals surface area contributed by atoms with Gasteiger partial charge in [-0.25, -0.2) is 0 Å². The number of nitrogens with two attached hydrogens (primary N) is 1. The summed E-state index contributed by atoms with van der Waals surface area (Å²) in [4.78, 5) is 16.1. The number of nitrogens with one attached hydrogen (secondary N) is 1. The minimum atomic E-state index is -0.158. The number of aryl methyl sites for hydroxylation is 1. The third-order valence-electron chi connectivity index (χ3n) is 2.64. The fourth-order valence-corrected chi connectivity index (χ4v) is 1.68. The van der Waals surface area contributed by atoms with E-state index in [0.717, 1.165) is 16.9 Å². The highest BCUT2D eigenvalue weighted by Crippen LogP contribution is 2.10. The molecule has 0 radical (unpaired) electrons. The van der Waals surface area contributed by atoms with Gasteiger partial charge in [-0.1, -0.05) is 11.8 Å². The summed E-state index contributed by atoms with van der Waals surface area (Å²) in [6.45, 7) is 2.20. The van der Waals surface area contributed by atoms with Crippen LogP contribution < -0.4 is 11.1 Å². The maximum Gasteiger partial charge on any atom is 0.255 e. The van der Waals surface area contributed by atoms with E-state index in [0.29, 0.717) is 12.1 Å². The van der Waals surface area contributed by atoms with Crippen molar-refractivity contribution < 1.29 is 4.79 Å². The van der Waals surface area contributed by atoms with Gasteiger partial charge in [0.25, 0.3) is 5.91 Å². The van der Waals surface area contributed by atoms with Gasteiger partial charge in [-0.3, -0.25) is 9.78 Å². The lowest BCUT2D eigenvalue weighted by molar-refractivity contribution is 0.102. The zero-order valence-electron chi connectivity index (χ0n) is 11.2. The third-order valence-corrected chi connectivity index (χ3v) is 2.64. The monoisotopic (exact) mass is 265 g/mol. The molecule has 2 rings (SSSR count). The molecule has 1 heterocycles. The van der Waals surface area contributed by atoms with E-state index >= 15 is 0 Å². The highest BCUT2D eigenvalue weighted by atomic mass is 16.1. The van der Waals surface area contributed by atoms with Gasteiger partial charge in [0.15, 0.2) is 0 Å². The summed E-state index contributed by atoms with van der Waals surface area (Å²) in [5.41, 5.74) is 8.32. The molecule has 0 unspecified atom stereocenters. The van der Waals surface area contributed by atoms with Gasteiger partial charge >= 0.3 is 0 Å². The smallest absolute Gasteiger partial charge is 0.255 e. The maximum absolute atomic E-state index is 12.1. The van der Waals surface area contributed by atoms with Crippen molar-refractivity contribution in [1.29, 1.82) is 0 Å². The van der Waals surface area contributed by atoms with Crippen molar-refractivity contribution in [3.05, 3.63) is 59.4 Å². The van der Waals surface area contributed by atoms with E-state index in [4.69, 9.17) is 5.73 Å². The molecule has 20 heavy (non-hydrogen) atoms. The molecule has 0 spiro atoms. The largest absolute Gasteiger partial charge is 0.322 e. The van der Waals surface area contributed by atoms with Crippen LogP contribution in [-0.4, -0.2) is 17.4 Å².